The Bertz CT molecular complexity index is 535. The van der Waals surface area contributed by atoms with Crippen LogP contribution in [0.25, 0.3) is 0 Å². The average molecular weight is 288 g/mol. The van der Waals surface area contributed by atoms with E-state index < -0.39 is 33.1 Å². The first kappa shape index (κ1) is 14.0. The molecule has 1 N–H and O–H groups in total. The molecule has 0 unspecified atom stereocenters. The molecule has 1 saturated heterocycles. The largest absolute Gasteiger partial charge is 0.330 e. The zero-order chi connectivity index (χ0) is 14.3. The Balaban J connectivity index is 2.05. The summed E-state index contributed by atoms with van der Waals surface area (Å²) in [6, 6.07) is -0.749. The van der Waals surface area contributed by atoms with Gasteiger partial charge in [-0.25, -0.2) is 13.2 Å². The zero-order valence-electron chi connectivity index (χ0n) is 10.6. The second kappa shape index (κ2) is 4.59. The predicted octanol–water partition coefficient (Wildman–Crippen LogP) is -0.330. The lowest BCUT2D eigenvalue weighted by Gasteiger charge is -2.44. The number of hydrogen-bond acceptors (Lipinski definition) is 5. The van der Waals surface area contributed by atoms with Gasteiger partial charge in [-0.15, -0.1) is 0 Å². The molecule has 0 aromatic rings. The minimum Gasteiger partial charge on any atom is -0.277 e. The fourth-order valence-electron chi connectivity index (χ4n) is 2.39. The van der Waals surface area contributed by atoms with Gasteiger partial charge >= 0.3 is 6.03 Å². The first-order valence-electron chi connectivity index (χ1n) is 6.11. The van der Waals surface area contributed by atoms with E-state index in [-0.39, 0.29) is 18.7 Å². The molecule has 7 nitrogen and oxygen atoms in total. The third kappa shape index (κ3) is 2.49. The number of urea groups is 1. The molecule has 8 heteroatoms. The van der Waals surface area contributed by atoms with Crippen LogP contribution in [0.5, 0.6) is 0 Å². The summed E-state index contributed by atoms with van der Waals surface area (Å²) in [5, 5.41) is 2.18. The Labute approximate surface area is 111 Å². The number of carbonyl (C=O) groups excluding carboxylic acids is 3. The van der Waals surface area contributed by atoms with Crippen LogP contribution in [0.1, 0.15) is 25.7 Å². The molecule has 1 saturated carbocycles. The molecule has 1 spiro atoms. The maximum absolute atomic E-state index is 12.2. The van der Waals surface area contributed by atoms with Crippen LogP contribution in [0.15, 0.2) is 0 Å². The van der Waals surface area contributed by atoms with Crippen LogP contribution in [-0.4, -0.2) is 49.7 Å². The van der Waals surface area contributed by atoms with Crippen molar-refractivity contribution in [3.63, 3.8) is 0 Å². The molecule has 19 heavy (non-hydrogen) atoms. The summed E-state index contributed by atoms with van der Waals surface area (Å²) < 4.78 is 22.0. The molecule has 0 radical (unpaired) electrons. The Morgan fingerprint density at radius 3 is 2.37 bits per heavy atom. The smallest absolute Gasteiger partial charge is 0.277 e. The summed E-state index contributed by atoms with van der Waals surface area (Å²) >= 11 is 0. The first-order valence-corrected chi connectivity index (χ1v) is 8.17. The molecule has 0 atom stereocenters. The van der Waals surface area contributed by atoms with Crippen LogP contribution in [-0.2, 0) is 19.4 Å². The molecule has 0 aromatic carbocycles. The van der Waals surface area contributed by atoms with Gasteiger partial charge in [0.1, 0.15) is 15.3 Å². The van der Waals surface area contributed by atoms with Crippen LogP contribution in [0.3, 0.4) is 0 Å². The van der Waals surface area contributed by atoms with E-state index >= 15 is 0 Å². The molecule has 2 fully saturated rings. The number of carbonyl (C=O) groups is 3. The van der Waals surface area contributed by atoms with E-state index in [0.29, 0.717) is 12.8 Å². The summed E-state index contributed by atoms with van der Waals surface area (Å²) in [6.07, 6.45) is 2.97. The lowest BCUT2D eigenvalue weighted by molar-refractivity contribution is -0.157. The Kier molecular flexibility index (Phi) is 3.38. The number of nitrogens with zero attached hydrogens (tertiary/aromatic N) is 1. The minimum absolute atomic E-state index is 0.0206. The SMILES string of the molecule is CS(=O)(=O)CCCN1C(=O)NC(=O)C2(CCC2)C1=O. The van der Waals surface area contributed by atoms with Crippen molar-refractivity contribution >= 4 is 27.7 Å². The van der Waals surface area contributed by atoms with Crippen molar-refractivity contribution in [2.45, 2.75) is 25.7 Å². The Morgan fingerprint density at radius 2 is 1.89 bits per heavy atom. The fourth-order valence-corrected chi connectivity index (χ4v) is 3.04. The van der Waals surface area contributed by atoms with Crippen molar-refractivity contribution in [3.05, 3.63) is 0 Å². The van der Waals surface area contributed by atoms with Gasteiger partial charge in [-0.3, -0.25) is 19.8 Å². The summed E-state index contributed by atoms with van der Waals surface area (Å²) in [5.41, 5.74) is -1.08. The number of amides is 4. The topological polar surface area (TPSA) is 101 Å². The second-order valence-corrected chi connectivity index (χ2v) is 7.39. The molecular formula is C11H16N2O5S. The van der Waals surface area contributed by atoms with Gasteiger partial charge in [-0.2, -0.15) is 0 Å². The molecule has 0 aromatic heterocycles. The van der Waals surface area contributed by atoms with Crippen LogP contribution in [0.4, 0.5) is 4.79 Å². The van der Waals surface area contributed by atoms with Crippen LogP contribution >= 0.6 is 0 Å². The van der Waals surface area contributed by atoms with Crippen molar-refractivity contribution in [3.8, 4) is 0 Å². The van der Waals surface area contributed by atoms with Crippen molar-refractivity contribution in [2.24, 2.45) is 5.41 Å². The molecule has 106 valence electrons. The van der Waals surface area contributed by atoms with Crippen LogP contribution in [0.2, 0.25) is 0 Å². The maximum atomic E-state index is 12.2. The molecule has 2 rings (SSSR count). The standard InChI is InChI=1S/C11H16N2O5S/c1-19(17,18)7-3-6-13-9(15)11(4-2-5-11)8(14)12-10(13)16/h2-7H2,1H3,(H,12,14,16). The Hall–Kier alpha value is -1.44. The number of rotatable bonds is 4. The van der Waals surface area contributed by atoms with Gasteiger partial charge in [0.05, 0.1) is 5.75 Å². The van der Waals surface area contributed by atoms with Gasteiger partial charge in [0.2, 0.25) is 11.8 Å². The average Bonchev–Trinajstić information content (AvgIpc) is 2.19. The number of sulfone groups is 1. The monoisotopic (exact) mass is 288 g/mol. The number of hydrogen-bond donors (Lipinski definition) is 1. The van der Waals surface area contributed by atoms with Gasteiger partial charge in [-0.05, 0) is 19.3 Å². The quantitative estimate of drug-likeness (QED) is 0.714. The molecule has 1 heterocycles. The van der Waals surface area contributed by atoms with Gasteiger partial charge in [0.15, 0.2) is 0 Å². The highest BCUT2D eigenvalue weighted by atomic mass is 32.2. The van der Waals surface area contributed by atoms with Gasteiger partial charge in [-0.1, -0.05) is 6.42 Å². The predicted molar refractivity (Wildman–Crippen MR) is 65.9 cm³/mol. The third-order valence-corrected chi connectivity index (χ3v) is 4.69. The summed E-state index contributed by atoms with van der Waals surface area (Å²) in [6.45, 7) is 0.0206. The number of nitrogens with one attached hydrogen (secondary N) is 1. The molecule has 4 amide bonds. The second-order valence-electron chi connectivity index (χ2n) is 5.14. The van der Waals surface area contributed by atoms with E-state index in [0.717, 1.165) is 17.6 Å². The molecule has 1 aliphatic carbocycles. The van der Waals surface area contributed by atoms with E-state index in [1.54, 1.807) is 0 Å². The first-order chi connectivity index (χ1) is 8.76. The summed E-state index contributed by atoms with van der Waals surface area (Å²) in [5.74, 6) is -1.10. The van der Waals surface area contributed by atoms with E-state index in [4.69, 9.17) is 0 Å². The molecule has 1 aliphatic heterocycles. The molecule has 2 aliphatic rings. The lowest BCUT2D eigenvalue weighted by atomic mass is 9.66. The van der Waals surface area contributed by atoms with Crippen LogP contribution in [0, 0.1) is 5.41 Å². The van der Waals surface area contributed by atoms with Crippen molar-refractivity contribution < 1.29 is 22.8 Å². The molecular weight excluding hydrogens is 272 g/mol. The summed E-state index contributed by atoms with van der Waals surface area (Å²) in [7, 11) is -3.13. The van der Waals surface area contributed by atoms with E-state index in [2.05, 4.69) is 5.32 Å². The fraction of sp³-hybridized carbons (Fsp3) is 0.727. The number of imide groups is 2. The van der Waals surface area contributed by atoms with E-state index in [9.17, 15) is 22.8 Å². The van der Waals surface area contributed by atoms with Crippen molar-refractivity contribution in [1.29, 1.82) is 0 Å². The highest BCUT2D eigenvalue weighted by Gasteiger charge is 2.57. The highest BCUT2D eigenvalue weighted by Crippen LogP contribution is 2.44. The number of barbiturate groups is 1. The van der Waals surface area contributed by atoms with Gasteiger partial charge in [0, 0.05) is 12.8 Å². The van der Waals surface area contributed by atoms with E-state index in [1.807, 2.05) is 0 Å². The highest BCUT2D eigenvalue weighted by molar-refractivity contribution is 7.90. The molecule has 0 bridgehead atoms. The third-order valence-electron chi connectivity index (χ3n) is 3.66. The van der Waals surface area contributed by atoms with Gasteiger partial charge < -0.3 is 0 Å². The van der Waals surface area contributed by atoms with Crippen LogP contribution < -0.4 is 5.32 Å². The van der Waals surface area contributed by atoms with E-state index in [1.165, 1.54) is 0 Å². The normalized spacial score (nSPS) is 22.4. The Morgan fingerprint density at radius 1 is 1.26 bits per heavy atom. The van der Waals surface area contributed by atoms with Crippen molar-refractivity contribution in [2.75, 3.05) is 18.6 Å². The minimum atomic E-state index is -3.13. The zero-order valence-corrected chi connectivity index (χ0v) is 11.5. The summed E-state index contributed by atoms with van der Waals surface area (Å²) in [4.78, 5) is 36.5. The lowest BCUT2D eigenvalue weighted by Crippen LogP contribution is -2.66. The van der Waals surface area contributed by atoms with Gasteiger partial charge in [0.25, 0.3) is 0 Å². The maximum Gasteiger partial charge on any atom is 0.330 e. The van der Waals surface area contributed by atoms with Crippen molar-refractivity contribution in [1.82, 2.24) is 10.2 Å².